The highest BCUT2D eigenvalue weighted by atomic mass is 35.5. The molecule has 18 heavy (non-hydrogen) atoms. The maximum absolute atomic E-state index is 12.2. The number of methoxy groups -OCH3 is 1. The van der Waals surface area contributed by atoms with Crippen LogP contribution in [0.5, 0.6) is 5.75 Å². The van der Waals surface area contributed by atoms with E-state index in [2.05, 4.69) is 4.72 Å². The van der Waals surface area contributed by atoms with Crippen LogP contribution in [0.2, 0.25) is 5.02 Å². The SMILES string of the molecule is CCC(C)NS(=O)(=O)c1cc(Cl)c(OC)cc1C. The van der Waals surface area contributed by atoms with Gasteiger partial charge in [0.05, 0.1) is 17.0 Å². The second kappa shape index (κ2) is 5.91. The lowest BCUT2D eigenvalue weighted by Gasteiger charge is -2.15. The van der Waals surface area contributed by atoms with Crippen molar-refractivity contribution in [1.82, 2.24) is 4.72 Å². The van der Waals surface area contributed by atoms with Crippen molar-refractivity contribution in [3.05, 3.63) is 22.7 Å². The van der Waals surface area contributed by atoms with Crippen LogP contribution in [0.1, 0.15) is 25.8 Å². The number of rotatable bonds is 5. The van der Waals surface area contributed by atoms with E-state index in [0.717, 1.165) is 6.42 Å². The monoisotopic (exact) mass is 291 g/mol. The van der Waals surface area contributed by atoms with Gasteiger partial charge in [-0.1, -0.05) is 18.5 Å². The highest BCUT2D eigenvalue weighted by Gasteiger charge is 2.20. The predicted octanol–water partition coefficient (Wildman–Crippen LogP) is 2.73. The molecular formula is C12H18ClNO3S. The van der Waals surface area contributed by atoms with Crippen LogP contribution in [0.3, 0.4) is 0 Å². The summed E-state index contributed by atoms with van der Waals surface area (Å²) in [7, 11) is -2.05. The zero-order chi connectivity index (χ0) is 13.9. The normalized spacial score (nSPS) is 13.4. The molecule has 102 valence electrons. The number of halogens is 1. The molecule has 1 aromatic carbocycles. The van der Waals surface area contributed by atoms with Crippen molar-refractivity contribution < 1.29 is 13.2 Å². The number of hydrogen-bond acceptors (Lipinski definition) is 3. The summed E-state index contributed by atoms with van der Waals surface area (Å²) in [6, 6.07) is 2.92. The van der Waals surface area contributed by atoms with Crippen molar-refractivity contribution in [3.8, 4) is 5.75 Å². The van der Waals surface area contributed by atoms with Crippen molar-refractivity contribution in [2.45, 2.75) is 38.1 Å². The summed E-state index contributed by atoms with van der Waals surface area (Å²) in [6.07, 6.45) is 0.724. The summed E-state index contributed by atoms with van der Waals surface area (Å²) >= 11 is 5.96. The molecule has 0 heterocycles. The molecule has 0 aromatic heterocycles. The number of sulfonamides is 1. The summed E-state index contributed by atoms with van der Waals surface area (Å²) in [6.45, 7) is 5.45. The maximum atomic E-state index is 12.2. The molecular weight excluding hydrogens is 274 g/mol. The molecule has 1 atom stereocenters. The Hall–Kier alpha value is -0.780. The Morgan fingerprint density at radius 1 is 1.44 bits per heavy atom. The van der Waals surface area contributed by atoms with Crippen LogP contribution in [0, 0.1) is 6.92 Å². The zero-order valence-corrected chi connectivity index (χ0v) is 12.5. The van der Waals surface area contributed by atoms with Crippen molar-refractivity contribution in [1.29, 1.82) is 0 Å². The number of aryl methyl sites for hydroxylation is 1. The van der Waals surface area contributed by atoms with Crippen LogP contribution in [0.15, 0.2) is 17.0 Å². The average Bonchev–Trinajstić information content (AvgIpc) is 2.30. The minimum atomic E-state index is -3.54. The second-order valence-electron chi connectivity index (χ2n) is 4.18. The Kier molecular flexibility index (Phi) is 5.01. The van der Waals surface area contributed by atoms with Crippen molar-refractivity contribution >= 4 is 21.6 Å². The Bertz CT molecular complexity index is 528. The highest BCUT2D eigenvalue weighted by Crippen LogP contribution is 2.30. The Morgan fingerprint density at radius 2 is 2.06 bits per heavy atom. The third kappa shape index (κ3) is 3.37. The lowest BCUT2D eigenvalue weighted by Crippen LogP contribution is -2.32. The molecule has 1 unspecified atom stereocenters. The first kappa shape index (κ1) is 15.3. The van der Waals surface area contributed by atoms with Crippen molar-refractivity contribution in [2.24, 2.45) is 0 Å². The van der Waals surface area contributed by atoms with Gasteiger partial charge in [-0.05, 0) is 38.0 Å². The number of hydrogen-bond donors (Lipinski definition) is 1. The van der Waals surface area contributed by atoms with E-state index in [1.54, 1.807) is 13.0 Å². The molecule has 0 radical (unpaired) electrons. The van der Waals surface area contributed by atoms with Gasteiger partial charge in [0.2, 0.25) is 10.0 Å². The first-order valence-electron chi connectivity index (χ1n) is 5.68. The third-order valence-corrected chi connectivity index (χ3v) is 4.73. The third-order valence-electron chi connectivity index (χ3n) is 2.71. The second-order valence-corrected chi connectivity index (χ2v) is 6.27. The van der Waals surface area contributed by atoms with Gasteiger partial charge in [0, 0.05) is 6.04 Å². The molecule has 0 aliphatic rings. The van der Waals surface area contributed by atoms with Gasteiger partial charge in [-0.25, -0.2) is 13.1 Å². The highest BCUT2D eigenvalue weighted by molar-refractivity contribution is 7.89. The van der Waals surface area contributed by atoms with E-state index in [-0.39, 0.29) is 16.0 Å². The summed E-state index contributed by atoms with van der Waals surface area (Å²) in [4.78, 5) is 0.189. The molecule has 1 rings (SSSR count). The molecule has 1 aromatic rings. The van der Waals surface area contributed by atoms with E-state index in [9.17, 15) is 8.42 Å². The van der Waals surface area contributed by atoms with Crippen molar-refractivity contribution in [2.75, 3.05) is 7.11 Å². The fourth-order valence-corrected chi connectivity index (χ4v) is 3.38. The molecule has 0 bridgehead atoms. The Morgan fingerprint density at radius 3 is 2.56 bits per heavy atom. The van der Waals surface area contributed by atoms with Gasteiger partial charge in [-0.3, -0.25) is 0 Å². The molecule has 1 N–H and O–H groups in total. The number of ether oxygens (including phenoxy) is 1. The van der Waals surface area contributed by atoms with Gasteiger partial charge in [-0.2, -0.15) is 0 Å². The van der Waals surface area contributed by atoms with Crippen LogP contribution >= 0.6 is 11.6 Å². The van der Waals surface area contributed by atoms with Crippen LogP contribution < -0.4 is 9.46 Å². The maximum Gasteiger partial charge on any atom is 0.241 e. The quantitative estimate of drug-likeness (QED) is 0.907. The summed E-state index contributed by atoms with van der Waals surface area (Å²) in [5.41, 5.74) is 0.604. The van der Waals surface area contributed by atoms with E-state index in [1.165, 1.54) is 13.2 Å². The molecule has 0 spiro atoms. The fourth-order valence-electron chi connectivity index (χ4n) is 1.49. The first-order valence-corrected chi connectivity index (χ1v) is 7.54. The van der Waals surface area contributed by atoms with Crippen LogP contribution in [0.25, 0.3) is 0 Å². The Balaban J connectivity index is 3.21. The number of nitrogens with one attached hydrogen (secondary N) is 1. The largest absolute Gasteiger partial charge is 0.495 e. The smallest absolute Gasteiger partial charge is 0.241 e. The van der Waals surface area contributed by atoms with Gasteiger partial charge in [0.15, 0.2) is 0 Å². The molecule has 0 amide bonds. The fraction of sp³-hybridized carbons (Fsp3) is 0.500. The molecule has 0 saturated carbocycles. The first-order chi connectivity index (χ1) is 8.31. The van der Waals surface area contributed by atoms with Gasteiger partial charge in [0.25, 0.3) is 0 Å². The summed E-state index contributed by atoms with van der Waals surface area (Å²) in [5, 5.41) is 0.285. The molecule has 0 saturated heterocycles. The van der Waals surface area contributed by atoms with Gasteiger partial charge in [0.1, 0.15) is 5.75 Å². The van der Waals surface area contributed by atoms with Crippen molar-refractivity contribution in [3.63, 3.8) is 0 Å². The number of benzene rings is 1. The molecule has 6 heteroatoms. The van der Waals surface area contributed by atoms with Gasteiger partial charge in [-0.15, -0.1) is 0 Å². The van der Waals surface area contributed by atoms with E-state index in [4.69, 9.17) is 16.3 Å². The summed E-state index contributed by atoms with van der Waals surface area (Å²) < 4.78 is 32.0. The van der Waals surface area contributed by atoms with E-state index >= 15 is 0 Å². The van der Waals surface area contributed by atoms with Crippen LogP contribution in [-0.2, 0) is 10.0 Å². The minimum absolute atomic E-state index is 0.115. The predicted molar refractivity (Wildman–Crippen MR) is 72.8 cm³/mol. The Labute approximate surface area is 113 Å². The topological polar surface area (TPSA) is 55.4 Å². The summed E-state index contributed by atoms with van der Waals surface area (Å²) in [5.74, 6) is 0.469. The van der Waals surface area contributed by atoms with Crippen LogP contribution in [0.4, 0.5) is 0 Å². The zero-order valence-electron chi connectivity index (χ0n) is 11.0. The lowest BCUT2D eigenvalue weighted by atomic mass is 10.2. The van der Waals surface area contributed by atoms with Crippen LogP contribution in [-0.4, -0.2) is 21.6 Å². The van der Waals surface area contributed by atoms with E-state index in [0.29, 0.717) is 11.3 Å². The van der Waals surface area contributed by atoms with Gasteiger partial charge < -0.3 is 4.74 Å². The van der Waals surface area contributed by atoms with E-state index < -0.39 is 10.0 Å². The van der Waals surface area contributed by atoms with E-state index in [1.807, 2.05) is 13.8 Å². The average molecular weight is 292 g/mol. The lowest BCUT2D eigenvalue weighted by molar-refractivity contribution is 0.414. The molecule has 0 aliphatic carbocycles. The standard InChI is InChI=1S/C12H18ClNO3S/c1-5-9(3)14-18(15,16)12-7-10(13)11(17-4)6-8(12)2/h6-7,9,14H,5H2,1-4H3. The minimum Gasteiger partial charge on any atom is -0.495 e. The molecule has 4 nitrogen and oxygen atoms in total. The molecule has 0 aliphatic heterocycles. The van der Waals surface area contributed by atoms with Gasteiger partial charge >= 0.3 is 0 Å². The molecule has 0 fully saturated rings.